The molecule has 7 heteroatoms. The number of benzene rings is 2. The maximum Gasteiger partial charge on any atom is 2.00 e. The minimum atomic E-state index is -1.28. The molecule has 0 saturated heterocycles. The van der Waals surface area contributed by atoms with Gasteiger partial charge < -0.3 is 30.0 Å². The number of phenolic OH excluding ortho intramolecular Hbond substituents is 2. The SMILES string of the molecule is O=C([O-])c1cccc(O)c1.O=C([O-])c1cccc(O)c1.[Fe+2]. The fraction of sp³-hybridized carbons (Fsp3) is 0. The Balaban J connectivity index is 0.000000364. The molecule has 0 aliphatic carbocycles. The normalized spacial score (nSPS) is 8.76. The molecule has 0 radical (unpaired) electrons. The summed E-state index contributed by atoms with van der Waals surface area (Å²) < 4.78 is 0. The van der Waals surface area contributed by atoms with Gasteiger partial charge in [0.25, 0.3) is 0 Å². The third-order valence-electron chi connectivity index (χ3n) is 2.16. The average molecular weight is 330 g/mol. The number of aromatic carboxylic acids is 2. The fourth-order valence-corrected chi connectivity index (χ4v) is 1.27. The number of carbonyl (C=O) groups is 2. The van der Waals surface area contributed by atoms with E-state index >= 15 is 0 Å². The van der Waals surface area contributed by atoms with Crippen LogP contribution < -0.4 is 10.2 Å². The molecule has 0 amide bonds. The van der Waals surface area contributed by atoms with E-state index in [1.165, 1.54) is 36.4 Å². The van der Waals surface area contributed by atoms with E-state index in [2.05, 4.69) is 0 Å². The molecule has 2 rings (SSSR count). The predicted molar refractivity (Wildman–Crippen MR) is 64.9 cm³/mol. The van der Waals surface area contributed by atoms with Gasteiger partial charge in [0.2, 0.25) is 0 Å². The molecule has 0 atom stereocenters. The Morgan fingerprint density at radius 2 is 1.10 bits per heavy atom. The molecule has 2 N–H and O–H groups in total. The van der Waals surface area contributed by atoms with Gasteiger partial charge in [0.1, 0.15) is 11.5 Å². The molecule has 0 bridgehead atoms. The van der Waals surface area contributed by atoms with E-state index in [4.69, 9.17) is 10.2 Å². The number of carbonyl (C=O) groups excluding carboxylic acids is 2. The van der Waals surface area contributed by atoms with E-state index < -0.39 is 11.9 Å². The molecule has 2 aromatic rings. The summed E-state index contributed by atoms with van der Waals surface area (Å²) >= 11 is 0. The molecule has 0 fully saturated rings. The van der Waals surface area contributed by atoms with Crippen LogP contribution in [-0.4, -0.2) is 22.2 Å². The first-order valence-corrected chi connectivity index (χ1v) is 5.41. The quantitative estimate of drug-likeness (QED) is 0.717. The van der Waals surface area contributed by atoms with E-state index in [1.54, 1.807) is 0 Å². The zero-order valence-corrected chi connectivity index (χ0v) is 11.6. The summed E-state index contributed by atoms with van der Waals surface area (Å²) in [7, 11) is 0. The standard InChI is InChI=1S/2C7H6O3.Fe/c2*8-6-3-1-2-5(4-6)7(9)10;/h2*1-4,8H,(H,9,10);/q;;+2/p-2. The Morgan fingerprint density at radius 3 is 1.29 bits per heavy atom. The summed E-state index contributed by atoms with van der Waals surface area (Å²) in [6.45, 7) is 0. The van der Waals surface area contributed by atoms with E-state index in [1.807, 2.05) is 0 Å². The average Bonchev–Trinajstić information content (AvgIpc) is 2.39. The van der Waals surface area contributed by atoms with Crippen molar-refractivity contribution < 1.29 is 47.1 Å². The van der Waals surface area contributed by atoms with Crippen molar-refractivity contribution in [3.8, 4) is 11.5 Å². The van der Waals surface area contributed by atoms with Crippen molar-refractivity contribution in [2.24, 2.45) is 0 Å². The van der Waals surface area contributed by atoms with Gasteiger partial charge in [-0.25, -0.2) is 0 Å². The molecule has 0 spiro atoms. The van der Waals surface area contributed by atoms with Gasteiger partial charge in [-0.1, -0.05) is 24.3 Å². The molecular weight excluding hydrogens is 320 g/mol. The van der Waals surface area contributed by atoms with Crippen molar-refractivity contribution in [2.75, 3.05) is 0 Å². The monoisotopic (exact) mass is 330 g/mol. The first-order valence-electron chi connectivity index (χ1n) is 5.41. The Morgan fingerprint density at radius 1 is 0.762 bits per heavy atom. The van der Waals surface area contributed by atoms with Crippen LogP contribution in [0.2, 0.25) is 0 Å². The maximum atomic E-state index is 10.1. The number of phenols is 2. The van der Waals surface area contributed by atoms with Gasteiger partial charge in [0.15, 0.2) is 0 Å². The zero-order chi connectivity index (χ0) is 15.1. The minimum absolute atomic E-state index is 0. The number of carboxylic acid groups (broad SMARTS) is 2. The third kappa shape index (κ3) is 6.47. The number of hydrogen-bond acceptors (Lipinski definition) is 6. The zero-order valence-electron chi connectivity index (χ0n) is 10.5. The summed E-state index contributed by atoms with van der Waals surface area (Å²) in [5, 5.41) is 37.8. The van der Waals surface area contributed by atoms with Crippen LogP contribution in [0.3, 0.4) is 0 Å². The Bertz CT molecular complexity index is 571. The molecular formula is C14H10FeO6. The second-order valence-corrected chi connectivity index (χ2v) is 3.68. The third-order valence-corrected chi connectivity index (χ3v) is 2.16. The van der Waals surface area contributed by atoms with Crippen LogP contribution in [0.15, 0.2) is 48.5 Å². The van der Waals surface area contributed by atoms with Crippen molar-refractivity contribution in [2.45, 2.75) is 0 Å². The number of hydrogen-bond donors (Lipinski definition) is 2. The Labute approximate surface area is 130 Å². The molecule has 0 aromatic heterocycles. The van der Waals surface area contributed by atoms with E-state index in [-0.39, 0.29) is 39.7 Å². The topological polar surface area (TPSA) is 121 Å². The van der Waals surface area contributed by atoms with Crippen LogP contribution >= 0.6 is 0 Å². The fourth-order valence-electron chi connectivity index (χ4n) is 1.27. The van der Waals surface area contributed by atoms with Crippen molar-refractivity contribution in [1.29, 1.82) is 0 Å². The molecule has 21 heavy (non-hydrogen) atoms. The van der Waals surface area contributed by atoms with Gasteiger partial charge in [0, 0.05) is 11.1 Å². The van der Waals surface area contributed by atoms with Crippen molar-refractivity contribution in [3.63, 3.8) is 0 Å². The summed E-state index contributed by atoms with van der Waals surface area (Å²) in [6.07, 6.45) is 0. The van der Waals surface area contributed by atoms with Crippen molar-refractivity contribution in [3.05, 3.63) is 59.7 Å². The van der Waals surface area contributed by atoms with Gasteiger partial charge in [-0.15, -0.1) is 0 Å². The summed E-state index contributed by atoms with van der Waals surface area (Å²) in [4.78, 5) is 20.3. The number of carboxylic acids is 2. The predicted octanol–water partition coefficient (Wildman–Crippen LogP) is -0.491. The van der Waals surface area contributed by atoms with Crippen molar-refractivity contribution >= 4 is 11.9 Å². The van der Waals surface area contributed by atoms with E-state index in [0.29, 0.717) is 0 Å². The summed E-state index contributed by atoms with van der Waals surface area (Å²) in [6, 6.07) is 10.7. The largest absolute Gasteiger partial charge is 2.00 e. The van der Waals surface area contributed by atoms with E-state index in [0.717, 1.165) is 12.1 Å². The first-order chi connectivity index (χ1) is 9.40. The van der Waals surface area contributed by atoms with Gasteiger partial charge in [-0.05, 0) is 24.3 Å². The van der Waals surface area contributed by atoms with Crippen molar-refractivity contribution in [1.82, 2.24) is 0 Å². The van der Waals surface area contributed by atoms with Gasteiger partial charge >= 0.3 is 17.1 Å². The van der Waals surface area contributed by atoms with Crippen LogP contribution in [0, 0.1) is 0 Å². The smallest absolute Gasteiger partial charge is 0.545 e. The second kappa shape index (κ2) is 8.63. The van der Waals surface area contributed by atoms with Crippen LogP contribution in [-0.2, 0) is 17.1 Å². The number of aromatic hydroxyl groups is 2. The molecule has 0 aliphatic heterocycles. The molecule has 0 aliphatic rings. The van der Waals surface area contributed by atoms with Gasteiger partial charge in [0.05, 0.1) is 11.9 Å². The van der Waals surface area contributed by atoms with Crippen LogP contribution in [0.1, 0.15) is 20.7 Å². The molecule has 110 valence electrons. The maximum absolute atomic E-state index is 10.1. The molecule has 6 nitrogen and oxygen atoms in total. The summed E-state index contributed by atoms with van der Waals surface area (Å²) in [5.74, 6) is -2.70. The van der Waals surface area contributed by atoms with Gasteiger partial charge in [-0.2, -0.15) is 0 Å². The first kappa shape index (κ1) is 18.5. The Hall–Kier alpha value is -2.50. The molecule has 0 heterocycles. The van der Waals surface area contributed by atoms with Crippen LogP contribution in [0.4, 0.5) is 0 Å². The minimum Gasteiger partial charge on any atom is -0.545 e. The van der Waals surface area contributed by atoms with E-state index in [9.17, 15) is 19.8 Å². The Kier molecular flexibility index (Phi) is 7.60. The van der Waals surface area contributed by atoms with Crippen LogP contribution in [0.5, 0.6) is 11.5 Å². The van der Waals surface area contributed by atoms with Gasteiger partial charge in [-0.3, -0.25) is 0 Å². The second-order valence-electron chi connectivity index (χ2n) is 3.68. The number of rotatable bonds is 2. The summed E-state index contributed by atoms with van der Waals surface area (Å²) in [5.41, 5.74) is -0.0278. The van der Waals surface area contributed by atoms with Crippen LogP contribution in [0.25, 0.3) is 0 Å². The molecule has 2 aromatic carbocycles. The molecule has 0 saturated carbocycles. The molecule has 0 unspecified atom stereocenters.